The lowest BCUT2D eigenvalue weighted by atomic mass is 9.87. The quantitative estimate of drug-likeness (QED) is 0.665. The topological polar surface area (TPSA) is 3.24 Å². The molecular weight excluding hydrogens is 270 g/mol. The van der Waals surface area contributed by atoms with Gasteiger partial charge in [0.25, 0.3) is 0 Å². The maximum Gasteiger partial charge on any atom is 0.136 e. The zero-order valence-electron chi connectivity index (χ0n) is 12.4. The molecule has 2 fully saturated rings. The van der Waals surface area contributed by atoms with Crippen molar-refractivity contribution in [2.45, 2.75) is 64.2 Å². The summed E-state index contributed by atoms with van der Waals surface area (Å²) in [7, 11) is 0. The highest BCUT2D eigenvalue weighted by atomic mass is 32.2. The molecule has 0 N–H and O–H groups in total. The van der Waals surface area contributed by atoms with Crippen LogP contribution in [0.4, 0.5) is 0 Å². The van der Waals surface area contributed by atoms with Crippen molar-refractivity contribution in [2.24, 2.45) is 11.8 Å². The second kappa shape index (κ2) is 8.51. The second-order valence-electron chi connectivity index (χ2n) is 6.38. The lowest BCUT2D eigenvalue weighted by Gasteiger charge is -2.34. The van der Waals surface area contributed by atoms with E-state index in [1.54, 1.807) is 11.8 Å². The Balaban J connectivity index is 1.84. The minimum Gasteiger partial charge on any atom is -0.357 e. The third-order valence-electron chi connectivity index (χ3n) is 4.84. The molecule has 0 saturated heterocycles. The Morgan fingerprint density at radius 1 is 0.895 bits per heavy atom. The summed E-state index contributed by atoms with van der Waals surface area (Å²) >= 11 is 7.37. The summed E-state index contributed by atoms with van der Waals surface area (Å²) in [6, 6.07) is 0. The van der Waals surface area contributed by atoms with Crippen LogP contribution in [-0.4, -0.2) is 28.6 Å². The van der Waals surface area contributed by atoms with E-state index >= 15 is 0 Å². The first-order chi connectivity index (χ1) is 9.29. The molecular formula is C16H29NS2. The van der Waals surface area contributed by atoms with Crippen molar-refractivity contribution < 1.29 is 0 Å². The van der Waals surface area contributed by atoms with E-state index in [-0.39, 0.29) is 0 Å². The fraction of sp³-hybridized carbons (Fsp3) is 0.938. The largest absolute Gasteiger partial charge is 0.357 e. The molecule has 1 nitrogen and oxygen atoms in total. The number of hydrogen-bond acceptors (Lipinski definition) is 2. The zero-order chi connectivity index (χ0) is 13.5. The molecule has 0 spiro atoms. The van der Waals surface area contributed by atoms with Crippen LogP contribution in [0.3, 0.4) is 0 Å². The summed E-state index contributed by atoms with van der Waals surface area (Å²) in [5, 5.41) is 0. The van der Waals surface area contributed by atoms with Gasteiger partial charge in [-0.05, 0) is 43.8 Å². The maximum absolute atomic E-state index is 5.60. The van der Waals surface area contributed by atoms with Gasteiger partial charge in [0.05, 0.1) is 0 Å². The Bertz CT molecular complexity index is 248. The fourth-order valence-electron chi connectivity index (χ4n) is 3.72. The lowest BCUT2D eigenvalue weighted by Crippen LogP contribution is -2.37. The third-order valence-corrected chi connectivity index (χ3v) is 6.21. The van der Waals surface area contributed by atoms with Gasteiger partial charge in [-0.3, -0.25) is 0 Å². The van der Waals surface area contributed by atoms with Gasteiger partial charge in [-0.15, -0.1) is 11.8 Å². The summed E-state index contributed by atoms with van der Waals surface area (Å²) in [4.78, 5) is 2.55. The molecule has 0 aromatic carbocycles. The summed E-state index contributed by atoms with van der Waals surface area (Å²) in [6.07, 6.45) is 16.5. The van der Waals surface area contributed by atoms with Crippen LogP contribution in [0.15, 0.2) is 0 Å². The molecule has 2 rings (SSSR count). The van der Waals surface area contributed by atoms with Gasteiger partial charge in [-0.2, -0.15) is 0 Å². The van der Waals surface area contributed by atoms with Crippen LogP contribution in [0.25, 0.3) is 0 Å². The van der Waals surface area contributed by atoms with Crippen molar-refractivity contribution in [3.05, 3.63) is 0 Å². The lowest BCUT2D eigenvalue weighted by molar-refractivity contribution is 0.230. The van der Waals surface area contributed by atoms with Crippen LogP contribution in [0, 0.1) is 11.8 Å². The van der Waals surface area contributed by atoms with E-state index in [2.05, 4.69) is 11.2 Å². The molecule has 0 aromatic rings. The first-order valence-corrected chi connectivity index (χ1v) is 9.76. The Hall–Kier alpha value is 0.240. The molecule has 19 heavy (non-hydrogen) atoms. The predicted octanol–water partition coefficient (Wildman–Crippen LogP) is 5.10. The van der Waals surface area contributed by atoms with E-state index in [0.29, 0.717) is 0 Å². The Morgan fingerprint density at radius 2 is 1.32 bits per heavy atom. The number of hydrogen-bond donors (Lipinski definition) is 0. The van der Waals surface area contributed by atoms with Gasteiger partial charge in [-0.1, -0.05) is 50.7 Å². The van der Waals surface area contributed by atoms with Crippen LogP contribution in [0.2, 0.25) is 0 Å². The number of rotatable bonds is 4. The van der Waals surface area contributed by atoms with Crippen LogP contribution >= 0.6 is 24.0 Å². The normalized spacial score (nSPS) is 22.4. The van der Waals surface area contributed by atoms with E-state index in [0.717, 1.165) is 16.2 Å². The summed E-state index contributed by atoms with van der Waals surface area (Å²) in [5.41, 5.74) is 0. The van der Waals surface area contributed by atoms with Gasteiger partial charge < -0.3 is 4.90 Å². The molecule has 0 radical (unpaired) electrons. The molecule has 0 aliphatic heterocycles. The number of thiocarbonyl (C=S) groups is 1. The van der Waals surface area contributed by atoms with Crippen LogP contribution in [0.5, 0.6) is 0 Å². The van der Waals surface area contributed by atoms with Crippen molar-refractivity contribution in [3.8, 4) is 0 Å². The van der Waals surface area contributed by atoms with Gasteiger partial charge in [0, 0.05) is 13.1 Å². The Morgan fingerprint density at radius 3 is 1.68 bits per heavy atom. The Kier molecular flexibility index (Phi) is 7.00. The minimum atomic E-state index is 0.905. The summed E-state index contributed by atoms with van der Waals surface area (Å²) in [5.74, 6) is 1.81. The average Bonchev–Trinajstić information content (AvgIpc) is 2.48. The maximum atomic E-state index is 5.60. The molecule has 0 aromatic heterocycles. The van der Waals surface area contributed by atoms with E-state index < -0.39 is 0 Å². The van der Waals surface area contributed by atoms with Crippen molar-refractivity contribution in [3.63, 3.8) is 0 Å². The SMILES string of the molecule is CSC(=S)N(CC1CCCCC1)CC1CCCCC1. The van der Waals surface area contributed by atoms with Crippen LogP contribution < -0.4 is 0 Å². The molecule has 3 heteroatoms. The van der Waals surface area contributed by atoms with E-state index in [4.69, 9.17) is 12.2 Å². The fourth-order valence-corrected chi connectivity index (χ4v) is 4.27. The van der Waals surface area contributed by atoms with Gasteiger partial charge in [0.2, 0.25) is 0 Å². The van der Waals surface area contributed by atoms with Gasteiger partial charge in [0.15, 0.2) is 0 Å². The predicted molar refractivity (Wildman–Crippen MR) is 90.8 cm³/mol. The van der Waals surface area contributed by atoms with Crippen LogP contribution in [-0.2, 0) is 0 Å². The molecule has 0 amide bonds. The van der Waals surface area contributed by atoms with E-state index in [1.807, 2.05) is 0 Å². The molecule has 0 bridgehead atoms. The molecule has 0 heterocycles. The number of nitrogens with zero attached hydrogens (tertiary/aromatic N) is 1. The van der Waals surface area contributed by atoms with Gasteiger partial charge in [-0.25, -0.2) is 0 Å². The molecule has 0 atom stereocenters. The summed E-state index contributed by atoms with van der Waals surface area (Å²) < 4.78 is 1.14. The highest BCUT2D eigenvalue weighted by Gasteiger charge is 2.22. The standard InChI is InChI=1S/C16H29NS2/c1-19-16(18)17(12-14-8-4-2-5-9-14)13-15-10-6-3-7-11-15/h14-15H,2-13H2,1H3. The van der Waals surface area contributed by atoms with Gasteiger partial charge in [0.1, 0.15) is 4.32 Å². The third kappa shape index (κ3) is 5.26. The first kappa shape index (κ1) is 15.6. The monoisotopic (exact) mass is 299 g/mol. The van der Waals surface area contributed by atoms with Crippen molar-refractivity contribution in [2.75, 3.05) is 19.3 Å². The molecule has 2 saturated carbocycles. The second-order valence-corrected chi connectivity index (χ2v) is 7.82. The highest BCUT2D eigenvalue weighted by molar-refractivity contribution is 8.22. The van der Waals surface area contributed by atoms with Crippen molar-refractivity contribution in [1.29, 1.82) is 0 Å². The molecule has 0 unspecified atom stereocenters. The number of thioether (sulfide) groups is 1. The molecule has 2 aliphatic rings. The zero-order valence-corrected chi connectivity index (χ0v) is 14.0. The van der Waals surface area contributed by atoms with Crippen LogP contribution in [0.1, 0.15) is 64.2 Å². The smallest absolute Gasteiger partial charge is 0.136 e. The Labute approximate surface area is 128 Å². The highest BCUT2D eigenvalue weighted by Crippen LogP contribution is 2.28. The molecule has 2 aliphatic carbocycles. The first-order valence-electron chi connectivity index (χ1n) is 8.12. The van der Waals surface area contributed by atoms with Crippen molar-refractivity contribution in [1.82, 2.24) is 4.90 Å². The van der Waals surface area contributed by atoms with E-state index in [9.17, 15) is 0 Å². The summed E-state index contributed by atoms with van der Waals surface area (Å²) in [6.45, 7) is 2.46. The minimum absolute atomic E-state index is 0.905. The van der Waals surface area contributed by atoms with E-state index in [1.165, 1.54) is 77.3 Å². The average molecular weight is 300 g/mol. The molecule has 110 valence electrons. The van der Waals surface area contributed by atoms with Gasteiger partial charge >= 0.3 is 0 Å². The van der Waals surface area contributed by atoms with Crippen molar-refractivity contribution >= 4 is 28.3 Å².